The smallest absolute Gasteiger partial charge is 0.416 e. The molecule has 3 aromatic carbocycles. The first-order chi connectivity index (χ1) is 19.2. The number of benzene rings is 3. The minimum Gasteiger partial charge on any atom is -0.488 e. The molecule has 0 saturated carbocycles. The molecule has 1 N–H and O–H groups in total. The van der Waals surface area contributed by atoms with E-state index in [0.29, 0.717) is 23.3 Å². The van der Waals surface area contributed by atoms with E-state index in [4.69, 9.17) is 4.74 Å². The van der Waals surface area contributed by atoms with E-state index in [2.05, 4.69) is 6.58 Å². The summed E-state index contributed by atoms with van der Waals surface area (Å²) in [6.07, 6.45) is -1.81. The van der Waals surface area contributed by atoms with Crippen LogP contribution < -0.4 is 4.74 Å². The van der Waals surface area contributed by atoms with Gasteiger partial charge in [-0.25, -0.2) is 17.2 Å². The summed E-state index contributed by atoms with van der Waals surface area (Å²) < 4.78 is 76.2. The molecule has 1 aliphatic heterocycles. The van der Waals surface area contributed by atoms with Crippen molar-refractivity contribution in [2.75, 3.05) is 0 Å². The Hall–Kier alpha value is -4.05. The summed E-state index contributed by atoms with van der Waals surface area (Å²) in [5.41, 5.74) is 1.09. The number of halogens is 3. The lowest BCUT2D eigenvalue weighted by Gasteiger charge is -2.33. The average Bonchev–Trinajstić information content (AvgIpc) is 3.26. The van der Waals surface area contributed by atoms with Crippen molar-refractivity contribution in [1.29, 1.82) is 0 Å². The number of carboxylic acid groups (broad SMARTS) is 1. The maximum absolute atomic E-state index is 14.3. The van der Waals surface area contributed by atoms with E-state index >= 15 is 0 Å². The van der Waals surface area contributed by atoms with Crippen LogP contribution >= 0.6 is 0 Å². The number of nitrogens with zero attached hydrogens (tertiary/aromatic N) is 1. The van der Waals surface area contributed by atoms with Gasteiger partial charge < -0.3 is 9.84 Å². The van der Waals surface area contributed by atoms with E-state index < -0.39 is 33.0 Å². The highest BCUT2D eigenvalue weighted by atomic mass is 32.2. The molecule has 1 aromatic heterocycles. The molecule has 1 unspecified atom stereocenters. The van der Waals surface area contributed by atoms with Crippen molar-refractivity contribution in [2.24, 2.45) is 0 Å². The third kappa shape index (κ3) is 5.48. The average molecular weight is 584 g/mol. The number of hydrogen-bond acceptors (Lipinski definition) is 4. The number of aromatic nitrogens is 1. The van der Waals surface area contributed by atoms with Crippen molar-refractivity contribution in [1.82, 2.24) is 3.97 Å². The van der Waals surface area contributed by atoms with Crippen LogP contribution in [0.1, 0.15) is 63.8 Å². The molecular weight excluding hydrogens is 555 g/mol. The van der Waals surface area contributed by atoms with Gasteiger partial charge in [-0.2, -0.15) is 13.2 Å². The Bertz CT molecular complexity index is 1770. The van der Waals surface area contributed by atoms with Crippen LogP contribution in [0.2, 0.25) is 0 Å². The van der Waals surface area contributed by atoms with Gasteiger partial charge in [0.25, 0.3) is 0 Å². The summed E-state index contributed by atoms with van der Waals surface area (Å²) >= 11 is 0. The van der Waals surface area contributed by atoms with Gasteiger partial charge in [-0.15, -0.1) is 6.58 Å². The molecule has 0 bridgehead atoms. The van der Waals surface area contributed by atoms with Gasteiger partial charge in [0.1, 0.15) is 16.6 Å². The largest absolute Gasteiger partial charge is 0.488 e. The molecule has 4 aromatic rings. The van der Waals surface area contributed by atoms with Crippen LogP contribution in [0.3, 0.4) is 0 Å². The van der Waals surface area contributed by atoms with E-state index in [0.717, 1.165) is 34.2 Å². The Balaban J connectivity index is 1.63. The first-order valence-electron chi connectivity index (χ1n) is 12.9. The number of ether oxygens (including phenoxy) is 1. The van der Waals surface area contributed by atoms with Crippen molar-refractivity contribution < 1.29 is 36.2 Å². The standard InChI is InChI=1S/C31H28F3NO5S/c1-4-28(22-9-12-27-21(16-22)13-14-30(2,3)40-27)41(38,39)35-25(15-19-5-7-20(8-6-19)29(36)37)18-23-17-24(31(32,33)34)10-11-26(23)35/h4-12,16-18,28H,1,13-15H2,2-3H3,(H,36,37). The second-order valence-corrected chi connectivity index (χ2v) is 12.7. The Morgan fingerprint density at radius 1 is 1.10 bits per heavy atom. The van der Waals surface area contributed by atoms with Crippen LogP contribution in [0, 0.1) is 0 Å². The van der Waals surface area contributed by atoms with Gasteiger partial charge in [-0.3, -0.25) is 0 Å². The van der Waals surface area contributed by atoms with Gasteiger partial charge in [-0.05, 0) is 85.8 Å². The summed E-state index contributed by atoms with van der Waals surface area (Å²) in [5, 5.41) is 8.12. The van der Waals surface area contributed by atoms with Crippen LogP contribution in [0.4, 0.5) is 13.2 Å². The quantitative estimate of drug-likeness (QED) is 0.234. The summed E-state index contributed by atoms with van der Waals surface area (Å²) in [6, 6.07) is 15.5. The number of carboxylic acids is 1. The van der Waals surface area contributed by atoms with Crippen LogP contribution in [0.25, 0.3) is 10.9 Å². The van der Waals surface area contributed by atoms with E-state index in [-0.39, 0.29) is 34.2 Å². The number of fused-ring (bicyclic) bond motifs is 2. The molecule has 6 nitrogen and oxygen atoms in total. The number of aryl methyl sites for hydroxylation is 1. The van der Waals surface area contributed by atoms with Crippen molar-refractivity contribution in [3.8, 4) is 5.75 Å². The normalized spacial score (nSPS) is 15.6. The van der Waals surface area contributed by atoms with E-state index in [1.54, 1.807) is 30.3 Å². The molecule has 0 spiro atoms. The molecule has 0 radical (unpaired) electrons. The molecule has 5 rings (SSSR count). The molecule has 10 heteroatoms. The number of rotatable bonds is 7. The molecule has 0 fully saturated rings. The number of hydrogen-bond donors (Lipinski definition) is 1. The lowest BCUT2D eigenvalue weighted by Crippen LogP contribution is -2.32. The van der Waals surface area contributed by atoms with Crippen molar-refractivity contribution in [2.45, 2.75) is 50.1 Å². The van der Waals surface area contributed by atoms with E-state index in [9.17, 15) is 31.5 Å². The second kappa shape index (κ2) is 10.1. The maximum Gasteiger partial charge on any atom is 0.416 e. The second-order valence-electron chi connectivity index (χ2n) is 10.8. The molecular formula is C31H28F3NO5S. The molecule has 0 saturated heterocycles. The molecule has 41 heavy (non-hydrogen) atoms. The topological polar surface area (TPSA) is 85.6 Å². The van der Waals surface area contributed by atoms with Crippen molar-refractivity contribution in [3.63, 3.8) is 0 Å². The van der Waals surface area contributed by atoms with Gasteiger partial charge in [-0.1, -0.05) is 30.3 Å². The number of aromatic carboxylic acids is 1. The maximum atomic E-state index is 14.3. The highest BCUT2D eigenvalue weighted by molar-refractivity contribution is 7.90. The zero-order valence-corrected chi connectivity index (χ0v) is 23.2. The molecule has 0 aliphatic carbocycles. The SMILES string of the molecule is C=CC(c1ccc2c(c1)CCC(C)(C)O2)S(=O)(=O)n1c(Cc2ccc(C(=O)O)cc2)cc2cc(C(F)(F)F)ccc21. The summed E-state index contributed by atoms with van der Waals surface area (Å²) in [6.45, 7) is 7.76. The fraction of sp³-hybridized carbons (Fsp3) is 0.258. The lowest BCUT2D eigenvalue weighted by molar-refractivity contribution is -0.137. The predicted octanol–water partition coefficient (Wildman–Crippen LogP) is 7.16. The van der Waals surface area contributed by atoms with Crippen LogP contribution in [0.5, 0.6) is 5.75 Å². The first-order valence-corrected chi connectivity index (χ1v) is 14.4. The summed E-state index contributed by atoms with van der Waals surface area (Å²) in [4.78, 5) is 11.3. The molecule has 0 amide bonds. The molecule has 214 valence electrons. The fourth-order valence-electron chi connectivity index (χ4n) is 5.22. The fourth-order valence-corrected chi connectivity index (χ4v) is 7.07. The van der Waals surface area contributed by atoms with Gasteiger partial charge in [0.2, 0.25) is 10.0 Å². The van der Waals surface area contributed by atoms with E-state index in [1.807, 2.05) is 13.8 Å². The predicted molar refractivity (Wildman–Crippen MR) is 150 cm³/mol. The number of carbonyl (C=O) groups is 1. The molecule has 1 aliphatic rings. The Kier molecular flexibility index (Phi) is 7.01. The summed E-state index contributed by atoms with van der Waals surface area (Å²) in [7, 11) is -4.28. The van der Waals surface area contributed by atoms with Gasteiger partial charge >= 0.3 is 12.1 Å². The third-order valence-electron chi connectivity index (χ3n) is 7.33. The number of alkyl halides is 3. The van der Waals surface area contributed by atoms with Crippen LogP contribution in [-0.4, -0.2) is 29.1 Å². The van der Waals surface area contributed by atoms with Gasteiger partial charge in [0.05, 0.1) is 16.6 Å². The monoisotopic (exact) mass is 583 g/mol. The Morgan fingerprint density at radius 3 is 2.44 bits per heavy atom. The molecule has 2 heterocycles. The first kappa shape index (κ1) is 28.5. The van der Waals surface area contributed by atoms with Crippen LogP contribution in [0.15, 0.2) is 79.4 Å². The van der Waals surface area contributed by atoms with Crippen molar-refractivity contribution in [3.05, 3.63) is 113 Å². The van der Waals surface area contributed by atoms with Gasteiger partial charge in [0, 0.05) is 17.5 Å². The van der Waals surface area contributed by atoms with Crippen LogP contribution in [-0.2, 0) is 29.0 Å². The molecule has 1 atom stereocenters. The highest BCUT2D eigenvalue weighted by Gasteiger charge is 2.34. The minimum atomic E-state index is -4.61. The third-order valence-corrected chi connectivity index (χ3v) is 9.37. The van der Waals surface area contributed by atoms with Gasteiger partial charge in [0.15, 0.2) is 0 Å². The minimum absolute atomic E-state index is 0.0339. The van der Waals surface area contributed by atoms with E-state index in [1.165, 1.54) is 24.3 Å². The lowest BCUT2D eigenvalue weighted by atomic mass is 9.93. The summed E-state index contributed by atoms with van der Waals surface area (Å²) in [5.74, 6) is -0.428. The Labute approximate surface area is 235 Å². The van der Waals surface area contributed by atoms with Crippen molar-refractivity contribution >= 4 is 26.9 Å². The highest BCUT2D eigenvalue weighted by Crippen LogP contribution is 2.39. The zero-order valence-electron chi connectivity index (χ0n) is 22.4. The zero-order chi connectivity index (χ0) is 29.7. The Morgan fingerprint density at radius 2 is 1.80 bits per heavy atom.